The first-order valence-corrected chi connectivity index (χ1v) is 8.90. The first-order chi connectivity index (χ1) is 11.9. The lowest BCUT2D eigenvalue weighted by atomic mass is 9.90. The summed E-state index contributed by atoms with van der Waals surface area (Å²) in [4.78, 5) is 0. The average molecular weight is 315 g/mol. The van der Waals surface area contributed by atoms with Crippen LogP contribution in [-0.4, -0.2) is 0 Å². The van der Waals surface area contributed by atoms with Gasteiger partial charge in [0.25, 0.3) is 0 Å². The van der Waals surface area contributed by atoms with Gasteiger partial charge >= 0.3 is 0 Å². The van der Waals surface area contributed by atoms with E-state index in [0.29, 0.717) is 0 Å². The molecule has 1 aliphatic carbocycles. The number of hydrogen-bond donors (Lipinski definition) is 0. The molecule has 0 bridgehead atoms. The number of benzene rings is 2. The first kappa shape index (κ1) is 17.9. The second-order valence-electron chi connectivity index (χ2n) is 5.83. The van der Waals surface area contributed by atoms with Gasteiger partial charge in [-0.15, -0.1) is 0 Å². The van der Waals surface area contributed by atoms with Gasteiger partial charge in [-0.25, -0.2) is 0 Å². The molecule has 1 aliphatic rings. The van der Waals surface area contributed by atoms with Crippen LogP contribution in [0.15, 0.2) is 90.5 Å². The van der Waals surface area contributed by atoms with Crippen molar-refractivity contribution in [3.8, 4) is 0 Å². The maximum Gasteiger partial charge on any atom is 0.105 e. The summed E-state index contributed by atoms with van der Waals surface area (Å²) in [5, 5.41) is 0. The lowest BCUT2D eigenvalue weighted by molar-refractivity contribution is 0.772. The molecule has 0 aliphatic heterocycles. The number of hydrogen-bond acceptors (Lipinski definition) is 0. The summed E-state index contributed by atoms with van der Waals surface area (Å²) in [6.07, 6.45) is 14.6. The van der Waals surface area contributed by atoms with E-state index >= 15 is 0 Å². The summed E-state index contributed by atoms with van der Waals surface area (Å²) in [6.45, 7) is 4.42. The highest BCUT2D eigenvalue weighted by atomic mass is 14.1. The zero-order valence-electron chi connectivity index (χ0n) is 14.8. The largest absolute Gasteiger partial charge is 0.105 e. The number of unbranched alkanes of at least 4 members (excludes halogenated alkanes) is 2. The van der Waals surface area contributed by atoms with Gasteiger partial charge < -0.3 is 0 Å². The Kier molecular flexibility index (Phi) is 7.70. The molecule has 2 aromatic rings. The van der Waals surface area contributed by atoms with Crippen molar-refractivity contribution in [2.45, 2.75) is 33.1 Å². The molecule has 24 heavy (non-hydrogen) atoms. The van der Waals surface area contributed by atoms with Crippen LogP contribution in [0.25, 0.3) is 5.57 Å². The SMILES string of the molecule is C1=C[CH+]C(=C(c2ccccc2)c2ccccc2)C=C1.CCCCC. The summed E-state index contributed by atoms with van der Waals surface area (Å²) in [5.41, 5.74) is 5.03. The summed E-state index contributed by atoms with van der Waals surface area (Å²) in [7, 11) is 0. The Bertz CT molecular complexity index is 629. The van der Waals surface area contributed by atoms with Crippen LogP contribution in [0.5, 0.6) is 0 Å². The van der Waals surface area contributed by atoms with Crippen molar-refractivity contribution in [3.63, 3.8) is 0 Å². The molecule has 122 valence electrons. The zero-order valence-corrected chi connectivity index (χ0v) is 14.8. The fourth-order valence-corrected chi connectivity index (χ4v) is 2.67. The normalized spacial score (nSPS) is 12.2. The smallest absolute Gasteiger partial charge is 0.0654 e. The summed E-state index contributed by atoms with van der Waals surface area (Å²) in [6, 6.07) is 21.1. The third-order valence-electron chi connectivity index (χ3n) is 3.89. The van der Waals surface area contributed by atoms with Crippen LogP contribution in [0, 0.1) is 6.42 Å². The van der Waals surface area contributed by atoms with E-state index in [9.17, 15) is 0 Å². The molecular weight excluding hydrogens is 288 g/mol. The van der Waals surface area contributed by atoms with Crippen LogP contribution in [0.2, 0.25) is 0 Å². The van der Waals surface area contributed by atoms with E-state index in [1.165, 1.54) is 41.5 Å². The van der Waals surface area contributed by atoms with E-state index < -0.39 is 0 Å². The molecule has 3 rings (SSSR count). The minimum absolute atomic E-state index is 1.25. The average Bonchev–Trinajstić information content (AvgIpc) is 2.66. The van der Waals surface area contributed by atoms with E-state index in [0.717, 1.165) is 0 Å². The van der Waals surface area contributed by atoms with E-state index in [4.69, 9.17) is 0 Å². The second-order valence-corrected chi connectivity index (χ2v) is 5.83. The molecule has 0 aromatic heterocycles. The summed E-state index contributed by atoms with van der Waals surface area (Å²) >= 11 is 0. The lowest BCUT2D eigenvalue weighted by Crippen LogP contribution is -1.94. The molecule has 0 radical (unpaired) electrons. The van der Waals surface area contributed by atoms with Gasteiger partial charge in [-0.1, -0.05) is 69.5 Å². The van der Waals surface area contributed by atoms with Gasteiger partial charge in [0, 0.05) is 41.9 Å². The minimum Gasteiger partial charge on any atom is -0.0654 e. The summed E-state index contributed by atoms with van der Waals surface area (Å²) < 4.78 is 0. The Morgan fingerprint density at radius 2 is 1.29 bits per heavy atom. The summed E-state index contributed by atoms with van der Waals surface area (Å²) in [5.74, 6) is 0. The van der Waals surface area contributed by atoms with E-state index in [1.54, 1.807) is 0 Å². The molecule has 0 saturated carbocycles. The second kappa shape index (κ2) is 10.3. The number of rotatable bonds is 4. The van der Waals surface area contributed by atoms with Gasteiger partial charge in [0.15, 0.2) is 0 Å². The van der Waals surface area contributed by atoms with Gasteiger partial charge in [-0.3, -0.25) is 0 Å². The quantitative estimate of drug-likeness (QED) is 0.532. The van der Waals surface area contributed by atoms with Crippen LogP contribution < -0.4 is 0 Å². The lowest BCUT2D eigenvalue weighted by Gasteiger charge is -2.08. The maximum atomic E-state index is 2.21. The molecule has 0 amide bonds. The highest BCUT2D eigenvalue weighted by molar-refractivity contribution is 5.85. The molecule has 2 aromatic carbocycles. The van der Waals surface area contributed by atoms with E-state index in [1.807, 2.05) is 0 Å². The topological polar surface area (TPSA) is 0 Å². The number of allylic oxidation sites excluding steroid dienone is 5. The van der Waals surface area contributed by atoms with Gasteiger partial charge in [-0.2, -0.15) is 0 Å². The molecule has 0 unspecified atom stereocenters. The standard InChI is InChI=1S/C19H15.C5H12/c1-4-10-16(11-5-1)19(17-12-6-2-7-13-17)18-14-8-3-9-15-18;1-3-5-4-2/h1-15H;3-5H2,1-2H3/q+1;. The zero-order chi connectivity index (χ0) is 17.0. The van der Waals surface area contributed by atoms with Crippen LogP contribution in [0.4, 0.5) is 0 Å². The Morgan fingerprint density at radius 3 is 1.67 bits per heavy atom. The monoisotopic (exact) mass is 315 g/mol. The van der Waals surface area contributed by atoms with Gasteiger partial charge in [0.2, 0.25) is 0 Å². The van der Waals surface area contributed by atoms with Crippen molar-refractivity contribution in [2.24, 2.45) is 0 Å². The molecule has 0 fully saturated rings. The minimum atomic E-state index is 1.25. The molecule has 0 nitrogen and oxygen atoms in total. The first-order valence-electron chi connectivity index (χ1n) is 8.90. The van der Waals surface area contributed by atoms with Crippen LogP contribution in [0.3, 0.4) is 0 Å². The fourth-order valence-electron chi connectivity index (χ4n) is 2.67. The molecule has 0 heterocycles. The molecule has 0 spiro atoms. The predicted molar refractivity (Wildman–Crippen MR) is 107 cm³/mol. The van der Waals surface area contributed by atoms with Crippen LogP contribution >= 0.6 is 0 Å². The Morgan fingerprint density at radius 1 is 0.750 bits per heavy atom. The van der Waals surface area contributed by atoms with Crippen molar-refractivity contribution in [2.75, 3.05) is 0 Å². The van der Waals surface area contributed by atoms with Crippen LogP contribution in [0.1, 0.15) is 44.2 Å². The molecule has 0 N–H and O–H groups in total. The Balaban J connectivity index is 0.000000368. The van der Waals surface area contributed by atoms with E-state index in [-0.39, 0.29) is 0 Å². The van der Waals surface area contributed by atoms with Gasteiger partial charge in [0.05, 0.1) is 5.57 Å². The van der Waals surface area contributed by atoms with Gasteiger partial charge in [0.1, 0.15) is 5.57 Å². The molecule has 0 atom stereocenters. The third kappa shape index (κ3) is 5.31. The molecular formula is C24H27+. The molecule has 0 saturated heterocycles. The highest BCUT2D eigenvalue weighted by Crippen LogP contribution is 2.29. The third-order valence-corrected chi connectivity index (χ3v) is 3.89. The van der Waals surface area contributed by atoms with Gasteiger partial charge in [-0.05, 0) is 24.3 Å². The fraction of sp³-hybridized carbons (Fsp3) is 0.208. The van der Waals surface area contributed by atoms with Crippen molar-refractivity contribution < 1.29 is 0 Å². The van der Waals surface area contributed by atoms with E-state index in [2.05, 4.69) is 105 Å². The van der Waals surface area contributed by atoms with Crippen molar-refractivity contribution in [3.05, 3.63) is 108 Å². The molecule has 0 heteroatoms. The predicted octanol–water partition coefficient (Wildman–Crippen LogP) is 7.02. The Labute approximate surface area is 147 Å². The maximum absolute atomic E-state index is 2.21. The van der Waals surface area contributed by atoms with Crippen LogP contribution in [-0.2, 0) is 0 Å². The van der Waals surface area contributed by atoms with Crippen molar-refractivity contribution in [1.29, 1.82) is 0 Å². The highest BCUT2D eigenvalue weighted by Gasteiger charge is 2.16. The van der Waals surface area contributed by atoms with Crippen molar-refractivity contribution >= 4 is 5.57 Å². The van der Waals surface area contributed by atoms with Crippen molar-refractivity contribution in [1.82, 2.24) is 0 Å². The Hall–Kier alpha value is -2.47.